The fraction of sp³-hybridized carbons (Fsp3) is 0.636. The molecule has 0 aromatic heterocycles. The molecule has 5 nitrogen and oxygen atoms in total. The molecule has 0 bridgehead atoms. The summed E-state index contributed by atoms with van der Waals surface area (Å²) < 4.78 is 0. The van der Waals surface area contributed by atoms with Gasteiger partial charge in [-0.05, 0) is 13.3 Å². The van der Waals surface area contributed by atoms with Gasteiger partial charge in [0.2, 0.25) is 5.91 Å². The molecule has 0 aromatic rings. The maximum Gasteiger partial charge on any atom is 0.320 e. The minimum atomic E-state index is -0.946. The van der Waals surface area contributed by atoms with Crippen LogP contribution in [0.25, 0.3) is 0 Å². The molecule has 2 unspecified atom stereocenters. The van der Waals surface area contributed by atoms with Crippen LogP contribution in [0.2, 0.25) is 0 Å². The van der Waals surface area contributed by atoms with Gasteiger partial charge in [-0.3, -0.25) is 14.9 Å². The number of hydrogen-bond acceptors (Lipinski definition) is 3. The Hall–Kier alpha value is -1.54. The second-order valence-corrected chi connectivity index (χ2v) is 3.49. The Kier molecular flexibility index (Phi) is 6.97. The number of carbonyl (C=O) groups excluding carboxylic acids is 1. The molecule has 16 heavy (non-hydrogen) atoms. The standard InChI is InChI=1S/C11H18N2O3/c1-4-6-9(11(15)16)13-8(3)10(14)12-7-5-2/h2,8-9,13H,4,6-7H2,1,3H3,(H,12,14)(H,15,16). The number of amides is 1. The molecule has 2 atom stereocenters. The monoisotopic (exact) mass is 226 g/mol. The number of terminal acetylenes is 1. The molecule has 0 heterocycles. The number of nitrogens with one attached hydrogen (secondary N) is 2. The lowest BCUT2D eigenvalue weighted by Crippen LogP contribution is -2.49. The van der Waals surface area contributed by atoms with Crippen molar-refractivity contribution < 1.29 is 14.7 Å². The van der Waals surface area contributed by atoms with Gasteiger partial charge in [0, 0.05) is 0 Å². The summed E-state index contributed by atoms with van der Waals surface area (Å²) in [5.41, 5.74) is 0. The lowest BCUT2D eigenvalue weighted by atomic mass is 10.1. The summed E-state index contributed by atoms with van der Waals surface area (Å²) >= 11 is 0. The van der Waals surface area contributed by atoms with Crippen LogP contribution in [0.15, 0.2) is 0 Å². The van der Waals surface area contributed by atoms with Gasteiger partial charge in [-0.15, -0.1) is 6.42 Å². The van der Waals surface area contributed by atoms with Gasteiger partial charge in [-0.1, -0.05) is 19.3 Å². The van der Waals surface area contributed by atoms with Gasteiger partial charge in [0.15, 0.2) is 0 Å². The lowest BCUT2D eigenvalue weighted by molar-refractivity contribution is -0.140. The molecule has 0 rings (SSSR count). The molecule has 0 saturated heterocycles. The van der Waals surface area contributed by atoms with Crippen molar-refractivity contribution in [2.24, 2.45) is 0 Å². The van der Waals surface area contributed by atoms with Crippen molar-refractivity contribution in [3.63, 3.8) is 0 Å². The van der Waals surface area contributed by atoms with Crippen molar-refractivity contribution in [2.45, 2.75) is 38.8 Å². The Labute approximate surface area is 95.6 Å². The van der Waals surface area contributed by atoms with Crippen LogP contribution < -0.4 is 10.6 Å². The van der Waals surface area contributed by atoms with Gasteiger partial charge in [0.25, 0.3) is 0 Å². The zero-order chi connectivity index (χ0) is 12.6. The maximum atomic E-state index is 11.4. The highest BCUT2D eigenvalue weighted by Gasteiger charge is 2.21. The van der Waals surface area contributed by atoms with E-state index in [9.17, 15) is 9.59 Å². The molecule has 0 fully saturated rings. The van der Waals surface area contributed by atoms with E-state index in [1.165, 1.54) is 0 Å². The van der Waals surface area contributed by atoms with E-state index in [1.54, 1.807) is 6.92 Å². The van der Waals surface area contributed by atoms with Crippen LogP contribution in [0.1, 0.15) is 26.7 Å². The molecule has 3 N–H and O–H groups in total. The minimum Gasteiger partial charge on any atom is -0.480 e. The summed E-state index contributed by atoms with van der Waals surface area (Å²) in [6.07, 6.45) is 6.22. The van der Waals surface area contributed by atoms with E-state index >= 15 is 0 Å². The van der Waals surface area contributed by atoms with Gasteiger partial charge in [-0.2, -0.15) is 0 Å². The largest absolute Gasteiger partial charge is 0.480 e. The first-order valence-corrected chi connectivity index (χ1v) is 5.23. The first-order valence-electron chi connectivity index (χ1n) is 5.23. The molecular weight excluding hydrogens is 208 g/mol. The zero-order valence-electron chi connectivity index (χ0n) is 9.62. The van der Waals surface area contributed by atoms with Gasteiger partial charge in [0.05, 0.1) is 12.6 Å². The van der Waals surface area contributed by atoms with Crippen LogP contribution in [0.3, 0.4) is 0 Å². The quantitative estimate of drug-likeness (QED) is 0.533. The van der Waals surface area contributed by atoms with Crippen LogP contribution in [0.4, 0.5) is 0 Å². The number of hydrogen-bond donors (Lipinski definition) is 3. The molecular formula is C11H18N2O3. The van der Waals surface area contributed by atoms with E-state index in [4.69, 9.17) is 11.5 Å². The highest BCUT2D eigenvalue weighted by molar-refractivity contribution is 5.82. The van der Waals surface area contributed by atoms with Gasteiger partial charge >= 0.3 is 5.97 Å². The number of rotatable bonds is 7. The maximum absolute atomic E-state index is 11.4. The molecule has 0 spiro atoms. The summed E-state index contributed by atoms with van der Waals surface area (Å²) in [5, 5.41) is 14.1. The molecule has 0 radical (unpaired) electrons. The van der Waals surface area contributed by atoms with Crippen LogP contribution in [0, 0.1) is 12.3 Å². The summed E-state index contributed by atoms with van der Waals surface area (Å²) in [6.45, 7) is 3.65. The topological polar surface area (TPSA) is 78.4 Å². The number of carboxylic acids is 1. The molecule has 0 aliphatic heterocycles. The molecule has 0 aromatic carbocycles. The lowest BCUT2D eigenvalue weighted by Gasteiger charge is -2.18. The number of carbonyl (C=O) groups is 2. The van der Waals surface area contributed by atoms with Crippen molar-refractivity contribution in [2.75, 3.05) is 6.54 Å². The molecule has 0 saturated carbocycles. The summed E-state index contributed by atoms with van der Waals surface area (Å²) in [6, 6.07) is -1.27. The van der Waals surface area contributed by atoms with E-state index in [0.29, 0.717) is 6.42 Å². The number of aliphatic carboxylic acids is 1. The molecule has 0 aliphatic carbocycles. The van der Waals surface area contributed by atoms with Crippen LogP contribution >= 0.6 is 0 Å². The van der Waals surface area contributed by atoms with Crippen LogP contribution in [-0.4, -0.2) is 35.6 Å². The normalized spacial score (nSPS) is 13.6. The fourth-order valence-corrected chi connectivity index (χ4v) is 1.24. The molecule has 5 heteroatoms. The predicted molar refractivity (Wildman–Crippen MR) is 60.8 cm³/mol. The Balaban J connectivity index is 4.18. The Morgan fingerprint density at radius 3 is 2.56 bits per heavy atom. The third-order valence-electron chi connectivity index (χ3n) is 2.08. The first kappa shape index (κ1) is 14.5. The third-order valence-corrected chi connectivity index (χ3v) is 2.08. The van der Waals surface area contributed by atoms with E-state index in [0.717, 1.165) is 6.42 Å². The van der Waals surface area contributed by atoms with Gasteiger partial charge < -0.3 is 10.4 Å². The second kappa shape index (κ2) is 7.71. The summed E-state index contributed by atoms with van der Waals surface area (Å²) in [7, 11) is 0. The highest BCUT2D eigenvalue weighted by atomic mass is 16.4. The Morgan fingerprint density at radius 2 is 2.12 bits per heavy atom. The SMILES string of the molecule is C#CCNC(=O)C(C)NC(CCC)C(=O)O. The molecule has 0 aliphatic rings. The Morgan fingerprint density at radius 1 is 1.50 bits per heavy atom. The zero-order valence-corrected chi connectivity index (χ0v) is 9.62. The minimum absolute atomic E-state index is 0.149. The second-order valence-electron chi connectivity index (χ2n) is 3.49. The average Bonchev–Trinajstić information content (AvgIpc) is 2.24. The van der Waals surface area contributed by atoms with E-state index in [-0.39, 0.29) is 12.5 Å². The van der Waals surface area contributed by atoms with Crippen LogP contribution in [0.5, 0.6) is 0 Å². The van der Waals surface area contributed by atoms with Crippen molar-refractivity contribution in [1.82, 2.24) is 10.6 Å². The van der Waals surface area contributed by atoms with E-state index < -0.39 is 18.1 Å². The van der Waals surface area contributed by atoms with Crippen molar-refractivity contribution in [1.29, 1.82) is 0 Å². The van der Waals surface area contributed by atoms with Crippen molar-refractivity contribution >= 4 is 11.9 Å². The molecule has 1 amide bonds. The summed E-state index contributed by atoms with van der Waals surface area (Å²) in [5.74, 6) is 1.04. The average molecular weight is 226 g/mol. The number of carboxylic acid groups (broad SMARTS) is 1. The smallest absolute Gasteiger partial charge is 0.320 e. The fourth-order valence-electron chi connectivity index (χ4n) is 1.24. The molecule has 90 valence electrons. The first-order chi connectivity index (χ1) is 7.52. The van der Waals surface area contributed by atoms with Crippen LogP contribution in [-0.2, 0) is 9.59 Å². The van der Waals surface area contributed by atoms with Gasteiger partial charge in [-0.25, -0.2) is 0 Å². The van der Waals surface area contributed by atoms with Crippen molar-refractivity contribution in [3.8, 4) is 12.3 Å². The predicted octanol–water partition coefficient (Wildman–Crippen LogP) is -0.0328. The highest BCUT2D eigenvalue weighted by Crippen LogP contribution is 1.98. The Bertz CT molecular complexity index is 283. The van der Waals surface area contributed by atoms with E-state index in [1.807, 2.05) is 6.92 Å². The van der Waals surface area contributed by atoms with Crippen molar-refractivity contribution in [3.05, 3.63) is 0 Å². The van der Waals surface area contributed by atoms with Gasteiger partial charge in [0.1, 0.15) is 6.04 Å². The van der Waals surface area contributed by atoms with E-state index in [2.05, 4.69) is 16.6 Å². The summed E-state index contributed by atoms with van der Waals surface area (Å²) in [4.78, 5) is 22.2. The third kappa shape index (κ3) is 5.37.